The summed E-state index contributed by atoms with van der Waals surface area (Å²) in [6.45, 7) is 0. The summed E-state index contributed by atoms with van der Waals surface area (Å²) in [6, 6.07) is 78.4. The van der Waals surface area contributed by atoms with Crippen molar-refractivity contribution >= 4 is 27.3 Å². The Morgan fingerprint density at radius 2 is 0.677 bits per heavy atom. The number of rotatable bonds is 8. The zero-order valence-corrected chi connectivity index (χ0v) is 35.4. The zero-order valence-electron chi connectivity index (χ0n) is 35.4. The maximum Gasteiger partial charge on any atom is 0.0948 e. The molecular formula is C61H40N4. The van der Waals surface area contributed by atoms with Gasteiger partial charge in [-0.15, -0.1) is 0 Å². The van der Waals surface area contributed by atoms with Gasteiger partial charge in [-0.3, -0.25) is 15.0 Å². The minimum absolute atomic E-state index is 0.961. The number of nitrogens with zero attached hydrogens (tertiary/aromatic N) is 4. The van der Waals surface area contributed by atoms with Crippen molar-refractivity contribution in [2.45, 2.75) is 0 Å². The van der Waals surface area contributed by atoms with Crippen LogP contribution in [-0.2, 0) is 0 Å². The van der Waals surface area contributed by atoms with E-state index in [1.807, 2.05) is 48.9 Å². The summed E-state index contributed by atoms with van der Waals surface area (Å²) in [7, 11) is 0. The molecule has 12 rings (SSSR count). The molecule has 0 amide bonds. The van der Waals surface area contributed by atoms with Gasteiger partial charge in [-0.05, 0) is 140 Å². The first-order valence-electron chi connectivity index (χ1n) is 22.0. The molecule has 4 nitrogen and oxygen atoms in total. The minimum Gasteiger partial charge on any atom is -0.314 e. The number of benzene rings is 7. The van der Waals surface area contributed by atoms with Crippen molar-refractivity contribution in [1.29, 1.82) is 0 Å². The molecule has 0 fully saturated rings. The largest absolute Gasteiger partial charge is 0.314 e. The number of aromatic nitrogens is 4. The normalized spacial score (nSPS) is 11.4. The Kier molecular flexibility index (Phi) is 9.46. The fourth-order valence-corrected chi connectivity index (χ4v) is 9.50. The van der Waals surface area contributed by atoms with Gasteiger partial charge in [-0.2, -0.15) is 0 Å². The van der Waals surface area contributed by atoms with E-state index in [2.05, 4.69) is 209 Å². The maximum atomic E-state index is 4.85. The SMILES string of the molecule is c1ccc(-c2ccc(-c3ccccc3-c3cc(-c4ccccc4-c4ccc(-c5ccccn5)cc4)cc(-c4ccccc4-c4ccc5c(c4)c4cccn4c4cccnc54)c3)cc2)nc1. The molecule has 0 radical (unpaired) electrons. The molecule has 12 aromatic rings. The van der Waals surface area contributed by atoms with Crippen molar-refractivity contribution in [2.75, 3.05) is 0 Å². The summed E-state index contributed by atoms with van der Waals surface area (Å²) >= 11 is 0. The quantitative estimate of drug-likeness (QED) is 0.143. The summed E-state index contributed by atoms with van der Waals surface area (Å²) in [4.78, 5) is 14.1. The highest BCUT2D eigenvalue weighted by atomic mass is 14.9. The lowest BCUT2D eigenvalue weighted by Gasteiger charge is -2.18. The van der Waals surface area contributed by atoms with Gasteiger partial charge in [0.25, 0.3) is 0 Å². The molecule has 0 unspecified atom stereocenters. The molecule has 4 heteroatoms. The zero-order chi connectivity index (χ0) is 43.1. The molecule has 0 atom stereocenters. The van der Waals surface area contributed by atoms with Gasteiger partial charge in [0.05, 0.1) is 27.9 Å². The van der Waals surface area contributed by atoms with E-state index in [1.165, 1.54) is 27.6 Å². The standard InChI is InChI=1S/C61H40N4/c1-4-16-52(49(13-1)41-23-27-43(28-24-41)57-19-7-9-33-62-57)46-37-47(53-17-5-2-14-50(53)42-25-29-44(30-26-42)58-20-8-10-34-63-58)39-48(38-46)54-18-6-3-15-51(54)45-31-32-55-56(40-45)59-22-12-36-65(59)60-21-11-35-64-61(55)60/h1-40H. The highest BCUT2D eigenvalue weighted by Gasteiger charge is 2.18. The molecule has 65 heavy (non-hydrogen) atoms. The van der Waals surface area contributed by atoms with Gasteiger partial charge in [0.1, 0.15) is 0 Å². The van der Waals surface area contributed by atoms with Crippen molar-refractivity contribution in [1.82, 2.24) is 19.4 Å². The van der Waals surface area contributed by atoms with Crippen LogP contribution < -0.4 is 0 Å². The third-order valence-corrected chi connectivity index (χ3v) is 12.6. The van der Waals surface area contributed by atoms with Crippen LogP contribution in [0.1, 0.15) is 0 Å². The van der Waals surface area contributed by atoms with E-state index >= 15 is 0 Å². The van der Waals surface area contributed by atoms with Crippen LogP contribution in [0.2, 0.25) is 0 Å². The van der Waals surface area contributed by atoms with Crippen molar-refractivity contribution in [3.8, 4) is 89.3 Å². The third-order valence-electron chi connectivity index (χ3n) is 12.6. The first-order chi connectivity index (χ1) is 32.2. The number of hydrogen-bond acceptors (Lipinski definition) is 3. The van der Waals surface area contributed by atoms with Gasteiger partial charge in [-0.1, -0.05) is 146 Å². The topological polar surface area (TPSA) is 43.1 Å². The Bertz CT molecular complexity index is 3540. The van der Waals surface area contributed by atoms with E-state index in [-0.39, 0.29) is 0 Å². The van der Waals surface area contributed by atoms with Crippen LogP contribution >= 0.6 is 0 Å². The monoisotopic (exact) mass is 828 g/mol. The predicted molar refractivity (Wildman–Crippen MR) is 269 cm³/mol. The first kappa shape index (κ1) is 38.0. The molecule has 0 bridgehead atoms. The second kappa shape index (κ2) is 16.2. The van der Waals surface area contributed by atoms with Crippen LogP contribution in [0.4, 0.5) is 0 Å². The Morgan fingerprint density at radius 1 is 0.262 bits per heavy atom. The second-order valence-electron chi connectivity index (χ2n) is 16.4. The van der Waals surface area contributed by atoms with Crippen LogP contribution in [0.15, 0.2) is 243 Å². The number of pyridine rings is 4. The van der Waals surface area contributed by atoms with Crippen molar-refractivity contribution in [3.05, 3.63) is 243 Å². The van der Waals surface area contributed by atoms with Crippen LogP contribution in [-0.4, -0.2) is 19.4 Å². The molecule has 5 aromatic heterocycles. The molecule has 0 N–H and O–H groups in total. The summed E-state index contributed by atoms with van der Waals surface area (Å²) in [5.41, 5.74) is 21.2. The Balaban J connectivity index is 1.04. The molecular weight excluding hydrogens is 789 g/mol. The predicted octanol–water partition coefficient (Wildman–Crippen LogP) is 15.8. The van der Waals surface area contributed by atoms with Crippen molar-refractivity contribution in [3.63, 3.8) is 0 Å². The smallest absolute Gasteiger partial charge is 0.0948 e. The molecule has 0 aliphatic rings. The van der Waals surface area contributed by atoms with Gasteiger partial charge >= 0.3 is 0 Å². The van der Waals surface area contributed by atoms with Gasteiger partial charge in [0.2, 0.25) is 0 Å². The summed E-state index contributed by atoms with van der Waals surface area (Å²) in [5, 5.41) is 2.32. The Morgan fingerprint density at radius 3 is 1.17 bits per heavy atom. The summed E-state index contributed by atoms with van der Waals surface area (Å²) < 4.78 is 2.25. The highest BCUT2D eigenvalue weighted by molar-refractivity contribution is 6.12. The Labute approximate surface area is 377 Å². The van der Waals surface area contributed by atoms with E-state index in [0.29, 0.717) is 0 Å². The number of hydrogen-bond donors (Lipinski definition) is 0. The molecule has 0 saturated carbocycles. The average molecular weight is 829 g/mol. The second-order valence-corrected chi connectivity index (χ2v) is 16.4. The highest BCUT2D eigenvalue weighted by Crippen LogP contribution is 2.43. The van der Waals surface area contributed by atoms with E-state index in [4.69, 9.17) is 4.98 Å². The summed E-state index contributed by atoms with van der Waals surface area (Å²) in [5.74, 6) is 0. The molecule has 304 valence electrons. The van der Waals surface area contributed by atoms with Crippen LogP contribution in [0.3, 0.4) is 0 Å². The van der Waals surface area contributed by atoms with Crippen LogP contribution in [0.25, 0.3) is 117 Å². The van der Waals surface area contributed by atoms with E-state index in [9.17, 15) is 0 Å². The fourth-order valence-electron chi connectivity index (χ4n) is 9.50. The lowest BCUT2D eigenvalue weighted by Crippen LogP contribution is -1.93. The van der Waals surface area contributed by atoms with Gasteiger partial charge in [0.15, 0.2) is 0 Å². The van der Waals surface area contributed by atoms with Gasteiger partial charge in [-0.25, -0.2) is 0 Å². The van der Waals surface area contributed by atoms with Gasteiger partial charge < -0.3 is 4.40 Å². The molecule has 5 heterocycles. The van der Waals surface area contributed by atoms with Gasteiger partial charge in [0, 0.05) is 46.7 Å². The molecule has 0 spiro atoms. The van der Waals surface area contributed by atoms with Crippen LogP contribution in [0.5, 0.6) is 0 Å². The van der Waals surface area contributed by atoms with Crippen molar-refractivity contribution < 1.29 is 0 Å². The minimum atomic E-state index is 0.961. The lowest BCUT2D eigenvalue weighted by atomic mass is 9.86. The molecule has 0 saturated heterocycles. The summed E-state index contributed by atoms with van der Waals surface area (Å²) in [6.07, 6.45) is 7.70. The molecule has 0 aliphatic heterocycles. The Hall–Kier alpha value is -8.73. The third kappa shape index (κ3) is 6.95. The van der Waals surface area contributed by atoms with E-state index < -0.39 is 0 Å². The molecule has 0 aliphatic carbocycles. The van der Waals surface area contributed by atoms with E-state index in [0.717, 1.165) is 89.0 Å². The lowest BCUT2D eigenvalue weighted by molar-refractivity contribution is 1.26. The number of fused-ring (bicyclic) bond motifs is 6. The maximum absolute atomic E-state index is 4.85. The van der Waals surface area contributed by atoms with Crippen molar-refractivity contribution in [2.24, 2.45) is 0 Å². The fraction of sp³-hybridized carbons (Fsp3) is 0. The van der Waals surface area contributed by atoms with E-state index in [1.54, 1.807) is 0 Å². The first-order valence-corrected chi connectivity index (χ1v) is 22.0. The van der Waals surface area contributed by atoms with Crippen LogP contribution in [0, 0.1) is 0 Å². The molecule has 7 aromatic carbocycles. The average Bonchev–Trinajstić information content (AvgIpc) is 3.90.